The van der Waals surface area contributed by atoms with Crippen molar-refractivity contribution in [3.05, 3.63) is 90.5 Å². The molecule has 0 bridgehead atoms. The molecule has 3 aromatic carbocycles. The number of para-hydroxylation sites is 3. The minimum Gasteiger partial charge on any atom is -0.426 e. The molecular formula is C26H28N2O2. The summed E-state index contributed by atoms with van der Waals surface area (Å²) in [5, 5.41) is 2.22. The van der Waals surface area contributed by atoms with Gasteiger partial charge in [-0.1, -0.05) is 68.4 Å². The molecule has 4 rings (SSSR count). The molecule has 0 saturated heterocycles. The van der Waals surface area contributed by atoms with E-state index in [2.05, 4.69) is 47.7 Å². The van der Waals surface area contributed by atoms with Crippen LogP contribution in [0.3, 0.4) is 0 Å². The lowest BCUT2D eigenvalue weighted by atomic mass is 9.81. The fourth-order valence-electron chi connectivity index (χ4n) is 4.31. The summed E-state index contributed by atoms with van der Waals surface area (Å²) >= 11 is 0. The van der Waals surface area contributed by atoms with Gasteiger partial charge < -0.3 is 4.74 Å². The summed E-state index contributed by atoms with van der Waals surface area (Å²) in [5.41, 5.74) is 7.03. The van der Waals surface area contributed by atoms with E-state index in [-0.39, 0.29) is 23.8 Å². The summed E-state index contributed by atoms with van der Waals surface area (Å²) in [6, 6.07) is 28.1. The molecular weight excluding hydrogens is 372 g/mol. The van der Waals surface area contributed by atoms with Crippen LogP contribution in [-0.2, 0) is 11.2 Å². The summed E-state index contributed by atoms with van der Waals surface area (Å²) in [7, 11) is 0. The van der Waals surface area contributed by atoms with Crippen LogP contribution in [-0.4, -0.2) is 12.0 Å². The Bertz CT molecular complexity index is 975. The van der Waals surface area contributed by atoms with Gasteiger partial charge in [-0.2, -0.15) is 0 Å². The van der Waals surface area contributed by atoms with Gasteiger partial charge in [0.1, 0.15) is 5.75 Å². The number of carbonyl (C=O) groups is 1. The van der Waals surface area contributed by atoms with E-state index in [1.54, 1.807) is 0 Å². The van der Waals surface area contributed by atoms with Gasteiger partial charge in [0.2, 0.25) is 0 Å². The van der Waals surface area contributed by atoms with Crippen molar-refractivity contribution in [1.82, 2.24) is 0 Å². The van der Waals surface area contributed by atoms with Crippen LogP contribution in [0.4, 0.5) is 11.4 Å². The number of ether oxygens (including phenoxy) is 1. The fourth-order valence-corrected chi connectivity index (χ4v) is 4.31. The van der Waals surface area contributed by atoms with Gasteiger partial charge in [0.05, 0.1) is 23.3 Å². The fraction of sp³-hybridized carbons (Fsp3) is 0.269. The van der Waals surface area contributed by atoms with Gasteiger partial charge >= 0.3 is 5.97 Å². The van der Waals surface area contributed by atoms with Crippen molar-refractivity contribution in [3.8, 4) is 5.75 Å². The first-order chi connectivity index (χ1) is 14.7. The first-order valence-corrected chi connectivity index (χ1v) is 10.6. The van der Waals surface area contributed by atoms with Crippen LogP contribution in [0.25, 0.3) is 0 Å². The second kappa shape index (κ2) is 9.04. The Kier molecular flexibility index (Phi) is 6.03. The van der Waals surface area contributed by atoms with Crippen LogP contribution < -0.4 is 15.2 Å². The lowest BCUT2D eigenvalue weighted by Crippen LogP contribution is -2.47. The first kappa shape index (κ1) is 20.0. The van der Waals surface area contributed by atoms with Gasteiger partial charge in [-0.15, -0.1) is 0 Å². The lowest BCUT2D eigenvalue weighted by molar-refractivity contribution is -0.140. The van der Waals surface area contributed by atoms with E-state index >= 15 is 0 Å². The van der Waals surface area contributed by atoms with Crippen molar-refractivity contribution in [1.29, 1.82) is 0 Å². The zero-order valence-electron chi connectivity index (χ0n) is 17.5. The Hall–Kier alpha value is -3.27. The number of benzene rings is 3. The van der Waals surface area contributed by atoms with Crippen LogP contribution in [0.15, 0.2) is 84.9 Å². The summed E-state index contributed by atoms with van der Waals surface area (Å²) in [6.07, 6.45) is 1.72. The Labute approximate surface area is 178 Å². The molecule has 1 aliphatic rings. The molecule has 3 atom stereocenters. The number of fused-ring (bicyclic) bond motifs is 1. The highest BCUT2D eigenvalue weighted by atomic mass is 16.5. The van der Waals surface area contributed by atoms with Crippen LogP contribution in [0.5, 0.6) is 5.75 Å². The number of hydrazine groups is 1. The number of anilines is 2. The molecule has 154 valence electrons. The van der Waals surface area contributed by atoms with E-state index in [1.165, 1.54) is 5.56 Å². The quantitative estimate of drug-likeness (QED) is 0.440. The van der Waals surface area contributed by atoms with Crippen LogP contribution >= 0.6 is 0 Å². The average Bonchev–Trinajstić information content (AvgIpc) is 2.96. The number of rotatable bonds is 5. The van der Waals surface area contributed by atoms with Gasteiger partial charge in [0.15, 0.2) is 0 Å². The van der Waals surface area contributed by atoms with Gasteiger partial charge in [-0.3, -0.25) is 15.2 Å². The second-order valence-corrected chi connectivity index (χ2v) is 7.84. The maximum atomic E-state index is 13.1. The largest absolute Gasteiger partial charge is 0.426 e. The van der Waals surface area contributed by atoms with E-state index < -0.39 is 0 Å². The Morgan fingerprint density at radius 1 is 1.00 bits per heavy atom. The molecule has 1 N–H and O–H groups in total. The smallest absolute Gasteiger partial charge is 0.314 e. The molecule has 1 heterocycles. The normalized spacial score (nSPS) is 19.2. The van der Waals surface area contributed by atoms with E-state index in [4.69, 9.17) is 4.74 Å². The van der Waals surface area contributed by atoms with Crippen LogP contribution in [0.1, 0.15) is 25.8 Å². The Balaban J connectivity index is 1.68. The molecule has 0 spiro atoms. The Morgan fingerprint density at radius 3 is 2.33 bits per heavy atom. The maximum Gasteiger partial charge on any atom is 0.314 e. The molecule has 0 amide bonds. The summed E-state index contributed by atoms with van der Waals surface area (Å²) in [6.45, 7) is 4.18. The van der Waals surface area contributed by atoms with Crippen molar-refractivity contribution < 1.29 is 9.53 Å². The Morgan fingerprint density at radius 2 is 1.63 bits per heavy atom. The van der Waals surface area contributed by atoms with Crippen molar-refractivity contribution in [2.24, 2.45) is 11.8 Å². The molecule has 0 saturated carbocycles. The summed E-state index contributed by atoms with van der Waals surface area (Å²) < 4.78 is 5.71. The minimum atomic E-state index is -0.255. The third kappa shape index (κ3) is 4.18. The summed E-state index contributed by atoms with van der Waals surface area (Å²) in [4.78, 5) is 13.1. The highest BCUT2D eigenvalue weighted by molar-refractivity contribution is 5.75. The van der Waals surface area contributed by atoms with Gasteiger partial charge in [0.25, 0.3) is 0 Å². The minimum absolute atomic E-state index is 0.0996. The predicted octanol–water partition coefficient (Wildman–Crippen LogP) is 5.71. The van der Waals surface area contributed by atoms with E-state index in [1.807, 2.05) is 61.5 Å². The average molecular weight is 401 g/mol. The molecule has 0 fully saturated rings. The van der Waals surface area contributed by atoms with Crippen molar-refractivity contribution in [2.45, 2.75) is 32.7 Å². The predicted molar refractivity (Wildman–Crippen MR) is 121 cm³/mol. The SMILES string of the molecule is CCC1C(C(C)C(=O)Oc2ccccc2)Cc2ccccc2NN1c1ccccc1. The van der Waals surface area contributed by atoms with E-state index in [0.29, 0.717) is 5.75 Å². The molecule has 3 aromatic rings. The van der Waals surface area contributed by atoms with Crippen molar-refractivity contribution in [2.75, 3.05) is 10.4 Å². The van der Waals surface area contributed by atoms with E-state index in [0.717, 1.165) is 24.2 Å². The molecule has 1 aliphatic heterocycles. The number of hydrogen-bond acceptors (Lipinski definition) is 4. The highest BCUT2D eigenvalue weighted by Gasteiger charge is 2.38. The number of carbonyl (C=O) groups excluding carboxylic acids is 1. The molecule has 0 radical (unpaired) electrons. The molecule has 0 aromatic heterocycles. The van der Waals surface area contributed by atoms with E-state index in [9.17, 15) is 4.79 Å². The van der Waals surface area contributed by atoms with Crippen LogP contribution in [0.2, 0.25) is 0 Å². The molecule has 4 heteroatoms. The summed E-state index contributed by atoms with van der Waals surface area (Å²) in [5.74, 6) is 0.253. The zero-order chi connectivity index (χ0) is 20.9. The van der Waals surface area contributed by atoms with Crippen molar-refractivity contribution >= 4 is 17.3 Å². The van der Waals surface area contributed by atoms with Gasteiger partial charge in [-0.25, -0.2) is 0 Å². The lowest BCUT2D eigenvalue weighted by Gasteiger charge is -2.38. The zero-order valence-corrected chi connectivity index (χ0v) is 17.5. The van der Waals surface area contributed by atoms with Crippen molar-refractivity contribution in [3.63, 3.8) is 0 Å². The van der Waals surface area contributed by atoms with Crippen LogP contribution in [0, 0.1) is 11.8 Å². The number of nitrogens with one attached hydrogen (secondary N) is 1. The third-order valence-corrected chi connectivity index (χ3v) is 5.97. The molecule has 30 heavy (non-hydrogen) atoms. The molecule has 0 aliphatic carbocycles. The molecule has 3 unspecified atom stereocenters. The van der Waals surface area contributed by atoms with Gasteiger partial charge in [-0.05, 0) is 54.7 Å². The standard InChI is InChI=1S/C26H28N2O2/c1-3-25-23(19(2)26(29)30-22-15-8-5-9-16-22)18-20-12-10-11-17-24(20)27-28(25)21-13-6-4-7-14-21/h4-17,19,23,25,27H,3,18H2,1-2H3. The second-order valence-electron chi connectivity index (χ2n) is 7.84. The first-order valence-electron chi connectivity index (χ1n) is 10.6. The maximum absolute atomic E-state index is 13.1. The monoisotopic (exact) mass is 400 g/mol. The van der Waals surface area contributed by atoms with Gasteiger partial charge in [0, 0.05) is 0 Å². The number of hydrogen-bond donors (Lipinski definition) is 1. The molecule has 4 nitrogen and oxygen atoms in total. The highest BCUT2D eigenvalue weighted by Crippen LogP contribution is 2.36. The number of esters is 1. The third-order valence-electron chi connectivity index (χ3n) is 5.97. The number of nitrogens with zero attached hydrogens (tertiary/aromatic N) is 1. The topological polar surface area (TPSA) is 41.6 Å².